The van der Waals surface area contributed by atoms with Crippen LogP contribution in [-0.4, -0.2) is 56.2 Å². The molecule has 1 aliphatic rings. The molecule has 9 heteroatoms. The molecule has 2 aromatic heterocycles. The Labute approximate surface area is 204 Å². The monoisotopic (exact) mass is 468 g/mol. The van der Waals surface area contributed by atoms with Gasteiger partial charge in [0.25, 0.3) is 0 Å². The van der Waals surface area contributed by atoms with Crippen LogP contribution in [0.25, 0.3) is 0 Å². The molecule has 1 aliphatic heterocycles. The van der Waals surface area contributed by atoms with Crippen LogP contribution < -0.4 is 15.1 Å². The first-order valence-corrected chi connectivity index (χ1v) is 11.7. The lowest BCUT2D eigenvalue weighted by Gasteiger charge is -2.34. The quantitative estimate of drug-likeness (QED) is 0.422. The number of nitrogens with zero attached hydrogens (tertiary/aromatic N) is 7. The maximum Gasteiger partial charge on any atom is 0.231 e. The second-order valence-corrected chi connectivity index (χ2v) is 8.56. The zero-order valence-corrected chi connectivity index (χ0v) is 19.6. The van der Waals surface area contributed by atoms with Crippen molar-refractivity contribution in [2.24, 2.45) is 0 Å². The molecule has 0 spiro atoms. The van der Waals surface area contributed by atoms with E-state index in [1.165, 1.54) is 11.9 Å². The van der Waals surface area contributed by atoms with E-state index in [9.17, 15) is 5.11 Å². The lowest BCUT2D eigenvalue weighted by atomic mass is 10.1. The third-order valence-corrected chi connectivity index (χ3v) is 5.97. The van der Waals surface area contributed by atoms with Gasteiger partial charge in [0, 0.05) is 50.7 Å². The van der Waals surface area contributed by atoms with Crippen LogP contribution in [0.3, 0.4) is 0 Å². The summed E-state index contributed by atoms with van der Waals surface area (Å²) in [6.07, 6.45) is 5.64. The summed E-state index contributed by atoms with van der Waals surface area (Å²) in [4.78, 5) is 26.8. The molecule has 1 fully saturated rings. The molecule has 1 atom stereocenters. The van der Waals surface area contributed by atoms with Crippen LogP contribution >= 0.6 is 0 Å². The largest absolute Gasteiger partial charge is 0.389 e. The van der Waals surface area contributed by atoms with E-state index in [1.54, 1.807) is 6.92 Å². The predicted molar refractivity (Wildman–Crippen MR) is 136 cm³/mol. The Hall–Kier alpha value is -4.11. The molecule has 0 amide bonds. The molecule has 35 heavy (non-hydrogen) atoms. The van der Waals surface area contributed by atoms with E-state index < -0.39 is 6.10 Å². The van der Waals surface area contributed by atoms with Crippen molar-refractivity contribution in [2.75, 3.05) is 41.3 Å². The number of benzene rings is 2. The van der Waals surface area contributed by atoms with E-state index in [0.29, 0.717) is 11.9 Å². The number of hydrogen-bond donors (Lipinski definition) is 2. The lowest BCUT2D eigenvalue weighted by molar-refractivity contribution is 0.199. The van der Waals surface area contributed by atoms with Gasteiger partial charge < -0.3 is 20.2 Å². The summed E-state index contributed by atoms with van der Waals surface area (Å²) < 4.78 is 0. The van der Waals surface area contributed by atoms with Crippen LogP contribution in [0, 0.1) is 0 Å². The molecule has 0 radical (unpaired) electrons. The highest BCUT2D eigenvalue weighted by Crippen LogP contribution is 2.21. The minimum atomic E-state index is -0.536. The van der Waals surface area contributed by atoms with Crippen molar-refractivity contribution in [2.45, 2.75) is 19.4 Å². The van der Waals surface area contributed by atoms with Gasteiger partial charge in [0.05, 0.1) is 6.10 Å². The van der Waals surface area contributed by atoms with Gasteiger partial charge in [0.2, 0.25) is 17.8 Å². The normalized spacial score (nSPS) is 14.6. The molecule has 2 N–H and O–H groups in total. The molecular formula is C26H28N8O. The molecule has 1 unspecified atom stereocenters. The maximum atomic E-state index is 9.82. The summed E-state index contributed by atoms with van der Waals surface area (Å²) in [5.41, 5.74) is 4.00. The van der Waals surface area contributed by atoms with E-state index in [1.807, 2.05) is 54.9 Å². The van der Waals surface area contributed by atoms with Gasteiger partial charge in [-0.1, -0.05) is 42.5 Å². The first kappa shape index (κ1) is 22.7. The number of rotatable bonds is 7. The van der Waals surface area contributed by atoms with Gasteiger partial charge in [0.15, 0.2) is 0 Å². The third kappa shape index (κ3) is 5.70. The van der Waals surface area contributed by atoms with Crippen LogP contribution in [0.1, 0.15) is 29.7 Å². The number of aromatic nitrogens is 5. The SMILES string of the molecule is CC(O)c1cccc(Nc2ncnc(N3CCN(c4ncc(Cc5ccccc5)cn4)CC3)n2)c1. The average Bonchev–Trinajstić information content (AvgIpc) is 2.90. The van der Waals surface area contributed by atoms with Crippen molar-refractivity contribution >= 4 is 23.5 Å². The van der Waals surface area contributed by atoms with Crippen LogP contribution in [-0.2, 0) is 6.42 Å². The molecular weight excluding hydrogens is 440 g/mol. The fourth-order valence-electron chi connectivity index (χ4n) is 4.05. The van der Waals surface area contributed by atoms with Gasteiger partial charge in [-0.25, -0.2) is 19.9 Å². The Bertz CT molecular complexity index is 1240. The molecule has 0 aliphatic carbocycles. The van der Waals surface area contributed by atoms with E-state index in [-0.39, 0.29) is 0 Å². The summed E-state index contributed by atoms with van der Waals surface area (Å²) in [6, 6.07) is 17.9. The van der Waals surface area contributed by atoms with Crippen LogP contribution in [0.2, 0.25) is 0 Å². The van der Waals surface area contributed by atoms with Gasteiger partial charge in [-0.2, -0.15) is 4.98 Å². The molecule has 178 valence electrons. The van der Waals surface area contributed by atoms with Crippen LogP contribution in [0.4, 0.5) is 23.5 Å². The molecule has 1 saturated heterocycles. The summed E-state index contributed by atoms with van der Waals surface area (Å²) in [7, 11) is 0. The van der Waals surface area contributed by atoms with Gasteiger partial charge in [-0.15, -0.1) is 0 Å². The maximum absolute atomic E-state index is 9.82. The van der Waals surface area contributed by atoms with Crippen molar-refractivity contribution in [3.05, 3.63) is 90.0 Å². The minimum Gasteiger partial charge on any atom is -0.389 e. The van der Waals surface area contributed by atoms with E-state index in [0.717, 1.165) is 55.4 Å². The Morgan fingerprint density at radius 2 is 1.54 bits per heavy atom. The molecule has 0 bridgehead atoms. The Morgan fingerprint density at radius 3 is 2.26 bits per heavy atom. The van der Waals surface area contributed by atoms with Crippen molar-refractivity contribution in [3.63, 3.8) is 0 Å². The summed E-state index contributed by atoms with van der Waals surface area (Å²) >= 11 is 0. The number of piperazine rings is 1. The van der Waals surface area contributed by atoms with Crippen LogP contribution in [0.15, 0.2) is 73.3 Å². The van der Waals surface area contributed by atoms with Crippen molar-refractivity contribution in [1.29, 1.82) is 0 Å². The number of nitrogens with one attached hydrogen (secondary N) is 1. The summed E-state index contributed by atoms with van der Waals surface area (Å²) in [6.45, 7) is 4.82. The zero-order valence-electron chi connectivity index (χ0n) is 19.6. The molecule has 5 rings (SSSR count). The molecule has 4 aromatic rings. The Balaban J connectivity index is 1.19. The first-order valence-electron chi connectivity index (χ1n) is 11.7. The van der Waals surface area contributed by atoms with Crippen molar-refractivity contribution < 1.29 is 5.11 Å². The molecule has 0 saturated carbocycles. The Morgan fingerprint density at radius 1 is 0.829 bits per heavy atom. The molecule has 9 nitrogen and oxygen atoms in total. The highest BCUT2D eigenvalue weighted by atomic mass is 16.3. The molecule has 3 heterocycles. The second-order valence-electron chi connectivity index (χ2n) is 8.56. The lowest BCUT2D eigenvalue weighted by Crippen LogP contribution is -2.47. The zero-order chi connectivity index (χ0) is 24.0. The highest BCUT2D eigenvalue weighted by molar-refractivity contribution is 5.55. The highest BCUT2D eigenvalue weighted by Gasteiger charge is 2.21. The number of hydrogen-bond acceptors (Lipinski definition) is 9. The average molecular weight is 469 g/mol. The van der Waals surface area contributed by atoms with Gasteiger partial charge >= 0.3 is 0 Å². The predicted octanol–water partition coefficient (Wildman–Crippen LogP) is 3.38. The molecule has 2 aromatic carbocycles. The Kier molecular flexibility index (Phi) is 6.76. The summed E-state index contributed by atoms with van der Waals surface area (Å²) in [5, 5.41) is 13.0. The van der Waals surface area contributed by atoms with E-state index >= 15 is 0 Å². The number of aliphatic hydroxyl groups is 1. The number of anilines is 4. The number of aliphatic hydroxyl groups excluding tert-OH is 1. The van der Waals surface area contributed by atoms with Gasteiger partial charge in [-0.05, 0) is 35.7 Å². The smallest absolute Gasteiger partial charge is 0.231 e. The van der Waals surface area contributed by atoms with Crippen molar-refractivity contribution in [1.82, 2.24) is 24.9 Å². The summed E-state index contributed by atoms with van der Waals surface area (Å²) in [5.74, 6) is 1.85. The van der Waals surface area contributed by atoms with E-state index in [2.05, 4.69) is 52.2 Å². The van der Waals surface area contributed by atoms with E-state index in [4.69, 9.17) is 0 Å². The van der Waals surface area contributed by atoms with Crippen molar-refractivity contribution in [3.8, 4) is 0 Å². The minimum absolute atomic E-state index is 0.470. The second kappa shape index (κ2) is 10.4. The van der Waals surface area contributed by atoms with Gasteiger partial charge in [-0.3, -0.25) is 0 Å². The fourth-order valence-corrected chi connectivity index (χ4v) is 4.05. The first-order chi connectivity index (χ1) is 17.1. The standard InChI is InChI=1S/C26H28N8O/c1-19(35)22-8-5-9-23(15-22)31-24-29-18-30-26(32-24)34-12-10-33(11-13-34)25-27-16-21(17-28-25)14-20-6-3-2-4-7-20/h2-9,15-19,35H,10-14H2,1H3,(H,29,30,31,32). The van der Waals surface area contributed by atoms with Gasteiger partial charge in [0.1, 0.15) is 6.33 Å². The fraction of sp³-hybridized carbons (Fsp3) is 0.269. The third-order valence-electron chi connectivity index (χ3n) is 5.97. The topological polar surface area (TPSA) is 103 Å². The van der Waals surface area contributed by atoms with Crippen LogP contribution in [0.5, 0.6) is 0 Å².